The number of hydrogen-bond acceptors (Lipinski definition) is 2. The Morgan fingerprint density at radius 2 is 1.21 bits per heavy atom. The van der Waals surface area contributed by atoms with E-state index in [1.54, 1.807) is 0 Å². The number of ether oxygens (including phenoxy) is 1. The lowest BCUT2D eigenvalue weighted by Gasteiger charge is -2.38. The Bertz CT molecular complexity index is 607. The fraction of sp³-hybridized carbons (Fsp3) is 0.786. The molecule has 0 N–H and O–H groups in total. The molecule has 0 heterocycles. The lowest BCUT2D eigenvalue weighted by molar-refractivity contribution is -0.437. The van der Waals surface area contributed by atoms with Crippen molar-refractivity contribution in [1.29, 1.82) is 0 Å². The molecule has 0 amide bonds. The summed E-state index contributed by atoms with van der Waals surface area (Å²) < 4.78 is 172. The first kappa shape index (κ1) is 27.3. The van der Waals surface area contributed by atoms with Gasteiger partial charge < -0.3 is 4.74 Å². The van der Waals surface area contributed by atoms with Gasteiger partial charge in [0.1, 0.15) is 0 Å². The van der Waals surface area contributed by atoms with Gasteiger partial charge in [0, 0.05) is 18.4 Å². The molecule has 0 saturated heterocycles. The molecule has 0 aromatic rings. The third kappa shape index (κ3) is 5.47. The molecule has 0 aliphatic heterocycles. The van der Waals surface area contributed by atoms with E-state index < -0.39 is 66.8 Å². The van der Waals surface area contributed by atoms with Crippen LogP contribution in [0.25, 0.3) is 0 Å². The summed E-state index contributed by atoms with van der Waals surface area (Å²) in [6, 6.07) is 0. The summed E-state index contributed by atoms with van der Waals surface area (Å²) in [4.78, 5) is 11.1. The maximum absolute atomic E-state index is 13.4. The van der Waals surface area contributed by atoms with Gasteiger partial charge >= 0.3 is 41.9 Å². The molecular formula is C14H13F13O2. The minimum absolute atomic E-state index is 0.00948. The number of carbonyl (C=O) groups excluding carboxylic acids is 1. The monoisotopic (exact) mass is 460 g/mol. The number of hydrogen-bond donors (Lipinski definition) is 0. The summed E-state index contributed by atoms with van der Waals surface area (Å²) in [5.41, 5.74) is -0.950. The smallest absolute Gasteiger partial charge is 0.393 e. The van der Waals surface area contributed by atoms with Crippen LogP contribution in [0.15, 0.2) is 12.2 Å². The van der Waals surface area contributed by atoms with Crippen LogP contribution in [0.2, 0.25) is 0 Å². The largest absolute Gasteiger partial charge is 0.473 e. The summed E-state index contributed by atoms with van der Waals surface area (Å²) >= 11 is 0. The van der Waals surface area contributed by atoms with E-state index in [0.717, 1.165) is 0 Å². The number of rotatable bonds is 10. The third-order valence-electron chi connectivity index (χ3n) is 3.40. The lowest BCUT2D eigenvalue weighted by Crippen LogP contribution is -2.68. The zero-order chi connectivity index (χ0) is 23.7. The highest BCUT2D eigenvalue weighted by atomic mass is 19.4. The van der Waals surface area contributed by atoms with Crippen molar-refractivity contribution in [2.24, 2.45) is 0 Å². The first-order chi connectivity index (χ1) is 12.6. The van der Waals surface area contributed by atoms with Gasteiger partial charge in [-0.15, -0.1) is 0 Å². The third-order valence-corrected chi connectivity index (χ3v) is 3.40. The molecule has 0 saturated carbocycles. The first-order valence-electron chi connectivity index (χ1n) is 7.44. The summed E-state index contributed by atoms with van der Waals surface area (Å²) in [5.74, 6) is -31.3. The Morgan fingerprint density at radius 1 is 0.759 bits per heavy atom. The molecule has 0 aromatic heterocycles. The van der Waals surface area contributed by atoms with E-state index in [0.29, 0.717) is 0 Å². The van der Waals surface area contributed by atoms with Crippen molar-refractivity contribution < 1.29 is 66.6 Å². The van der Waals surface area contributed by atoms with Crippen molar-refractivity contribution in [3.05, 3.63) is 12.2 Å². The zero-order valence-electron chi connectivity index (χ0n) is 14.3. The average Bonchev–Trinajstić information content (AvgIpc) is 2.51. The predicted octanol–water partition coefficient (Wildman–Crippen LogP) is 6.36. The highest BCUT2D eigenvalue weighted by Crippen LogP contribution is 2.58. The minimum Gasteiger partial charge on any atom is -0.393 e. The molecule has 172 valence electrons. The van der Waals surface area contributed by atoms with Gasteiger partial charge in [0.15, 0.2) is 0 Å². The number of halogens is 13. The molecule has 2 nitrogen and oxygen atoms in total. The molecule has 0 aliphatic rings. The van der Waals surface area contributed by atoms with E-state index in [2.05, 4.69) is 11.3 Å². The lowest BCUT2D eigenvalue weighted by atomic mass is 9.95. The molecule has 0 atom stereocenters. The molecule has 0 radical (unpaired) electrons. The molecule has 0 aliphatic carbocycles. The fourth-order valence-electron chi connectivity index (χ4n) is 1.72. The standard InChI is InChI=1S/C14H13F13O2/c1-3-4-7(2)8(28)29-14(26,27)13(24,25)12(22,23)11(20,21)9(15,16)5-6-10(17,18)19/h2-6H2,1H3. The molecule has 0 fully saturated rings. The van der Waals surface area contributed by atoms with E-state index in [9.17, 15) is 61.9 Å². The van der Waals surface area contributed by atoms with Crippen molar-refractivity contribution in [3.8, 4) is 0 Å². The van der Waals surface area contributed by atoms with Crippen molar-refractivity contribution >= 4 is 5.97 Å². The van der Waals surface area contributed by atoms with Crippen LogP contribution in [0, 0.1) is 0 Å². The molecule has 0 unspecified atom stereocenters. The van der Waals surface area contributed by atoms with Crippen LogP contribution in [0.5, 0.6) is 0 Å². The molecule has 0 aromatic carbocycles. The summed E-state index contributed by atoms with van der Waals surface area (Å²) in [6.45, 7) is 4.13. The molecule has 15 heteroatoms. The minimum atomic E-state index is -7.63. The van der Waals surface area contributed by atoms with Crippen LogP contribution < -0.4 is 0 Å². The zero-order valence-corrected chi connectivity index (χ0v) is 14.3. The Labute approximate surface area is 154 Å². The summed E-state index contributed by atoms with van der Waals surface area (Å²) in [7, 11) is 0. The van der Waals surface area contributed by atoms with Gasteiger partial charge in [0.05, 0.1) is 0 Å². The van der Waals surface area contributed by atoms with E-state index in [1.165, 1.54) is 6.92 Å². The SMILES string of the molecule is C=C(CCC)C(=O)OC(F)(F)C(F)(F)C(F)(F)C(F)(F)C(F)(F)CCC(F)(F)F. The topological polar surface area (TPSA) is 26.3 Å². The molecule has 0 rings (SSSR count). The van der Waals surface area contributed by atoms with Gasteiger partial charge in [0.2, 0.25) is 0 Å². The maximum atomic E-state index is 13.4. The van der Waals surface area contributed by atoms with Crippen LogP contribution in [-0.2, 0) is 9.53 Å². The number of carbonyl (C=O) groups is 1. The maximum Gasteiger partial charge on any atom is 0.473 e. The predicted molar refractivity (Wildman–Crippen MR) is 70.2 cm³/mol. The average molecular weight is 460 g/mol. The van der Waals surface area contributed by atoms with E-state index in [4.69, 9.17) is 0 Å². The highest BCUT2D eigenvalue weighted by Gasteiger charge is 2.87. The number of esters is 1. The van der Waals surface area contributed by atoms with Crippen LogP contribution in [0.3, 0.4) is 0 Å². The van der Waals surface area contributed by atoms with E-state index in [-0.39, 0.29) is 6.42 Å². The van der Waals surface area contributed by atoms with Crippen LogP contribution in [-0.4, -0.2) is 41.9 Å². The van der Waals surface area contributed by atoms with Gasteiger partial charge in [-0.1, -0.05) is 19.9 Å². The second kappa shape index (κ2) is 8.20. The molecule has 0 spiro atoms. The first-order valence-corrected chi connectivity index (χ1v) is 7.44. The second-order valence-corrected chi connectivity index (χ2v) is 5.80. The Hall–Kier alpha value is -1.70. The molecular weight excluding hydrogens is 447 g/mol. The van der Waals surface area contributed by atoms with Gasteiger partial charge in [-0.2, -0.15) is 57.1 Å². The van der Waals surface area contributed by atoms with Gasteiger partial charge in [-0.3, -0.25) is 0 Å². The number of alkyl halides is 13. The van der Waals surface area contributed by atoms with Gasteiger partial charge in [-0.05, 0) is 6.42 Å². The molecule has 29 heavy (non-hydrogen) atoms. The van der Waals surface area contributed by atoms with Gasteiger partial charge in [0.25, 0.3) is 0 Å². The van der Waals surface area contributed by atoms with Crippen molar-refractivity contribution in [2.45, 2.75) is 68.6 Å². The van der Waals surface area contributed by atoms with E-state index >= 15 is 0 Å². The second-order valence-electron chi connectivity index (χ2n) is 5.80. The Kier molecular flexibility index (Phi) is 7.72. The van der Waals surface area contributed by atoms with Crippen molar-refractivity contribution in [3.63, 3.8) is 0 Å². The van der Waals surface area contributed by atoms with E-state index in [1.807, 2.05) is 0 Å². The van der Waals surface area contributed by atoms with Crippen molar-refractivity contribution in [1.82, 2.24) is 0 Å². The summed E-state index contributed by atoms with van der Waals surface area (Å²) in [5, 5.41) is 0. The Morgan fingerprint density at radius 3 is 1.59 bits per heavy atom. The highest BCUT2D eigenvalue weighted by molar-refractivity contribution is 5.87. The summed E-state index contributed by atoms with van der Waals surface area (Å²) in [6.07, 6.45) is -18.7. The van der Waals surface area contributed by atoms with Crippen LogP contribution in [0.1, 0.15) is 32.6 Å². The quantitative estimate of drug-likeness (QED) is 0.215. The van der Waals surface area contributed by atoms with Crippen molar-refractivity contribution in [2.75, 3.05) is 0 Å². The Balaban J connectivity index is 5.91. The normalized spacial score (nSPS) is 14.7. The van der Waals surface area contributed by atoms with Crippen LogP contribution >= 0.6 is 0 Å². The fourth-order valence-corrected chi connectivity index (χ4v) is 1.72. The van der Waals surface area contributed by atoms with Gasteiger partial charge in [-0.25, -0.2) is 4.79 Å². The van der Waals surface area contributed by atoms with Crippen LogP contribution in [0.4, 0.5) is 57.1 Å². The molecule has 0 bridgehead atoms.